The van der Waals surface area contributed by atoms with Gasteiger partial charge >= 0.3 is 7.69 Å². The van der Waals surface area contributed by atoms with E-state index in [-0.39, 0.29) is 19.2 Å². The molecule has 0 atom stereocenters. The van der Waals surface area contributed by atoms with Crippen molar-refractivity contribution in [2.24, 2.45) is 0 Å². The summed E-state index contributed by atoms with van der Waals surface area (Å²) in [6.07, 6.45) is 1.56. The van der Waals surface area contributed by atoms with Crippen LogP contribution in [0.25, 0.3) is 0 Å². The predicted molar refractivity (Wildman–Crippen MR) is 80.0 cm³/mol. The summed E-state index contributed by atoms with van der Waals surface area (Å²) in [7, 11) is -0.242. The van der Waals surface area contributed by atoms with Crippen LogP contribution in [-0.4, -0.2) is 7.69 Å². The molecule has 0 saturated heterocycles. The Morgan fingerprint density at radius 3 is 1.62 bits per heavy atom. The first kappa shape index (κ1) is 15.4. The molecule has 0 aliphatic rings. The molecule has 0 bridgehead atoms. The van der Waals surface area contributed by atoms with Crippen molar-refractivity contribution in [2.75, 3.05) is 0 Å². The molecular weight excluding hydrogens is 273 g/mol. The van der Waals surface area contributed by atoms with Crippen LogP contribution >= 0.6 is 0 Å². The summed E-state index contributed by atoms with van der Waals surface area (Å²) in [4.78, 5) is 0. The van der Waals surface area contributed by atoms with Crippen molar-refractivity contribution < 1.29 is 18.1 Å². The smallest absolute Gasteiger partial charge is 0.526 e. The van der Waals surface area contributed by atoms with Crippen molar-refractivity contribution in [3.05, 3.63) is 59.2 Å². The summed E-state index contributed by atoms with van der Waals surface area (Å²) in [5.74, 6) is -0.694. The number of hydrogen-bond acceptors (Lipinski definition) is 2. The molecule has 21 heavy (non-hydrogen) atoms. The largest absolute Gasteiger partial charge is 0.576 e. The molecular formula is C16H17BF2O2. The highest BCUT2D eigenvalue weighted by Gasteiger charge is 2.09. The number of halogens is 2. The van der Waals surface area contributed by atoms with Crippen molar-refractivity contribution in [3.8, 4) is 11.5 Å². The van der Waals surface area contributed by atoms with Crippen LogP contribution in [0.4, 0.5) is 8.78 Å². The zero-order valence-corrected chi connectivity index (χ0v) is 12.2. The average molecular weight is 290 g/mol. The maximum absolute atomic E-state index is 13.6. The van der Waals surface area contributed by atoms with Gasteiger partial charge in [-0.2, -0.15) is 0 Å². The highest BCUT2D eigenvalue weighted by atomic mass is 19.1. The molecule has 5 heteroatoms. The zero-order chi connectivity index (χ0) is 15.2. The second-order valence-electron chi connectivity index (χ2n) is 4.64. The summed E-state index contributed by atoms with van der Waals surface area (Å²) in [6.45, 7) is 3.94. The SMILES string of the molecule is CCc1ccc(F)c(OBOc2cc(CC)ccc2F)c1. The molecule has 0 amide bonds. The van der Waals surface area contributed by atoms with Gasteiger partial charge in [0.25, 0.3) is 0 Å². The van der Waals surface area contributed by atoms with Crippen LogP contribution in [0.1, 0.15) is 25.0 Å². The second kappa shape index (κ2) is 7.11. The predicted octanol–water partition coefficient (Wildman–Crippen LogP) is 3.81. The lowest BCUT2D eigenvalue weighted by atomic mass is 10.1. The van der Waals surface area contributed by atoms with E-state index < -0.39 is 11.6 Å². The normalized spacial score (nSPS) is 10.3. The van der Waals surface area contributed by atoms with E-state index in [4.69, 9.17) is 9.31 Å². The zero-order valence-electron chi connectivity index (χ0n) is 12.2. The number of rotatable bonds is 6. The fourth-order valence-electron chi connectivity index (χ4n) is 1.91. The van der Waals surface area contributed by atoms with Gasteiger partial charge in [0.05, 0.1) is 0 Å². The summed E-state index contributed by atoms with van der Waals surface area (Å²) in [5.41, 5.74) is 1.93. The van der Waals surface area contributed by atoms with E-state index in [1.807, 2.05) is 13.8 Å². The van der Waals surface area contributed by atoms with Crippen molar-refractivity contribution in [1.29, 1.82) is 0 Å². The minimum absolute atomic E-state index is 0.112. The Balaban J connectivity index is 2.01. The Labute approximate surface area is 124 Å². The molecule has 0 radical (unpaired) electrons. The minimum Gasteiger partial charge on any atom is -0.526 e. The van der Waals surface area contributed by atoms with Crippen LogP contribution in [0.2, 0.25) is 0 Å². The fourth-order valence-corrected chi connectivity index (χ4v) is 1.91. The first-order chi connectivity index (χ1) is 10.1. The van der Waals surface area contributed by atoms with Crippen LogP contribution < -0.4 is 9.31 Å². The van der Waals surface area contributed by atoms with E-state index in [0.29, 0.717) is 0 Å². The first-order valence-electron chi connectivity index (χ1n) is 6.96. The summed E-state index contributed by atoms with van der Waals surface area (Å²) >= 11 is 0. The molecule has 0 N–H and O–H groups in total. The molecule has 0 unspecified atom stereocenters. The second-order valence-corrected chi connectivity index (χ2v) is 4.64. The Hall–Kier alpha value is -2.04. The van der Waals surface area contributed by atoms with Gasteiger partial charge in [-0.1, -0.05) is 26.0 Å². The third-order valence-electron chi connectivity index (χ3n) is 3.24. The molecule has 2 aromatic carbocycles. The van der Waals surface area contributed by atoms with Crippen LogP contribution in [-0.2, 0) is 12.8 Å². The molecule has 0 spiro atoms. The monoisotopic (exact) mass is 290 g/mol. The van der Waals surface area contributed by atoms with Gasteiger partial charge in [-0.15, -0.1) is 0 Å². The van der Waals surface area contributed by atoms with Gasteiger partial charge in [0.1, 0.15) is 11.5 Å². The van der Waals surface area contributed by atoms with E-state index in [1.165, 1.54) is 12.1 Å². The average Bonchev–Trinajstić information content (AvgIpc) is 2.51. The molecule has 0 aliphatic carbocycles. The standard InChI is InChI=1S/C16H17BF2O2/c1-3-11-5-7-13(18)15(9-11)20-17-21-16-10-12(4-2)6-8-14(16)19/h5-10,17H,3-4H2,1-2H3. The van der Waals surface area contributed by atoms with Gasteiger partial charge in [0, 0.05) is 0 Å². The van der Waals surface area contributed by atoms with Gasteiger partial charge < -0.3 is 9.31 Å². The number of hydrogen-bond donors (Lipinski definition) is 0. The van der Waals surface area contributed by atoms with Crippen LogP contribution in [0.5, 0.6) is 11.5 Å². The van der Waals surface area contributed by atoms with Crippen molar-refractivity contribution in [3.63, 3.8) is 0 Å². The lowest BCUT2D eigenvalue weighted by molar-refractivity contribution is 0.420. The minimum atomic E-state index is -0.460. The maximum Gasteiger partial charge on any atom is 0.576 e. The highest BCUT2D eigenvalue weighted by molar-refractivity contribution is 6.20. The van der Waals surface area contributed by atoms with E-state index >= 15 is 0 Å². The van der Waals surface area contributed by atoms with E-state index in [1.54, 1.807) is 24.3 Å². The summed E-state index contributed by atoms with van der Waals surface area (Å²) < 4.78 is 37.6. The van der Waals surface area contributed by atoms with Gasteiger partial charge in [-0.05, 0) is 48.2 Å². The molecule has 110 valence electrons. The third kappa shape index (κ3) is 3.97. The molecule has 2 nitrogen and oxygen atoms in total. The van der Waals surface area contributed by atoms with Gasteiger partial charge in [-0.25, -0.2) is 8.78 Å². The Morgan fingerprint density at radius 1 is 0.810 bits per heavy atom. The third-order valence-corrected chi connectivity index (χ3v) is 3.24. The quantitative estimate of drug-likeness (QED) is 0.753. The van der Waals surface area contributed by atoms with Crippen LogP contribution in [0.15, 0.2) is 36.4 Å². The lowest BCUT2D eigenvalue weighted by Gasteiger charge is -2.10. The Bertz CT molecular complexity index is 564. The topological polar surface area (TPSA) is 18.5 Å². The van der Waals surface area contributed by atoms with E-state index in [0.717, 1.165) is 24.0 Å². The van der Waals surface area contributed by atoms with Crippen molar-refractivity contribution in [1.82, 2.24) is 0 Å². The molecule has 0 saturated carbocycles. The van der Waals surface area contributed by atoms with E-state index in [9.17, 15) is 8.78 Å². The Kier molecular flexibility index (Phi) is 5.20. The number of aryl methyl sites for hydroxylation is 2. The van der Waals surface area contributed by atoms with Crippen LogP contribution in [0.3, 0.4) is 0 Å². The summed E-state index contributed by atoms with van der Waals surface area (Å²) in [6, 6.07) is 9.36. The number of benzene rings is 2. The lowest BCUT2D eigenvalue weighted by Crippen LogP contribution is -2.13. The van der Waals surface area contributed by atoms with E-state index in [2.05, 4.69) is 0 Å². The molecule has 0 aliphatic heterocycles. The first-order valence-corrected chi connectivity index (χ1v) is 6.96. The van der Waals surface area contributed by atoms with Crippen LogP contribution in [0, 0.1) is 11.6 Å². The Morgan fingerprint density at radius 2 is 1.24 bits per heavy atom. The van der Waals surface area contributed by atoms with Gasteiger partial charge in [-0.3, -0.25) is 0 Å². The molecule has 2 rings (SSSR count). The van der Waals surface area contributed by atoms with Crippen molar-refractivity contribution in [2.45, 2.75) is 26.7 Å². The summed E-state index contributed by atoms with van der Waals surface area (Å²) in [5, 5.41) is 0. The molecule has 0 heterocycles. The van der Waals surface area contributed by atoms with Crippen molar-refractivity contribution >= 4 is 7.69 Å². The van der Waals surface area contributed by atoms with Gasteiger partial charge in [0.2, 0.25) is 0 Å². The molecule has 0 fully saturated rings. The highest BCUT2D eigenvalue weighted by Crippen LogP contribution is 2.21. The molecule has 0 aromatic heterocycles. The maximum atomic E-state index is 13.6. The molecule has 2 aromatic rings. The van der Waals surface area contributed by atoms with Gasteiger partial charge in [0.15, 0.2) is 11.6 Å². The fraction of sp³-hybridized carbons (Fsp3) is 0.250.